The molecule has 116 valence electrons. The van der Waals surface area contributed by atoms with Crippen molar-refractivity contribution in [2.45, 2.75) is 26.4 Å². The molecule has 1 aromatic carbocycles. The lowest BCUT2D eigenvalue weighted by molar-refractivity contribution is 0.153. The smallest absolute Gasteiger partial charge is 0.0491 e. The maximum absolute atomic E-state index is 6.16. The fraction of sp³-hybridized carbons (Fsp3) is 0.389. The number of pyridine rings is 1. The molecule has 0 bridgehead atoms. The van der Waals surface area contributed by atoms with Gasteiger partial charge in [0, 0.05) is 49.6 Å². The fourth-order valence-corrected chi connectivity index (χ4v) is 3.56. The summed E-state index contributed by atoms with van der Waals surface area (Å²) in [6.45, 7) is 8.29. The first-order valence-electron chi connectivity index (χ1n) is 7.75. The summed E-state index contributed by atoms with van der Waals surface area (Å²) in [5.74, 6) is 0. The molecule has 3 rings (SSSR count). The van der Waals surface area contributed by atoms with Crippen molar-refractivity contribution in [2.24, 2.45) is 0 Å². The highest BCUT2D eigenvalue weighted by Gasteiger charge is 2.24. The number of rotatable bonds is 3. The quantitative estimate of drug-likeness (QED) is 0.939. The lowest BCUT2D eigenvalue weighted by atomic mass is 9.99. The van der Waals surface area contributed by atoms with Crippen LogP contribution in [0.4, 0.5) is 0 Å². The number of nitrogens with zero attached hydrogens (tertiary/aromatic N) is 2. The average Bonchev–Trinajstić information content (AvgIpc) is 2.52. The molecule has 0 amide bonds. The van der Waals surface area contributed by atoms with Crippen LogP contribution >= 0.6 is 11.6 Å². The van der Waals surface area contributed by atoms with E-state index in [1.165, 1.54) is 22.3 Å². The SMILES string of the molecule is Cc1cc(Cl)cc(C)c1CN1CCNCC1c1cccnc1. The molecule has 1 aliphatic rings. The zero-order chi connectivity index (χ0) is 15.5. The van der Waals surface area contributed by atoms with E-state index in [9.17, 15) is 0 Å². The number of piperazine rings is 1. The third-order valence-corrected chi connectivity index (χ3v) is 4.66. The van der Waals surface area contributed by atoms with Crippen LogP contribution in [0.25, 0.3) is 0 Å². The van der Waals surface area contributed by atoms with Gasteiger partial charge in [-0.2, -0.15) is 0 Å². The zero-order valence-electron chi connectivity index (χ0n) is 13.1. The van der Waals surface area contributed by atoms with Crippen LogP contribution in [0.1, 0.15) is 28.3 Å². The number of hydrogen-bond acceptors (Lipinski definition) is 3. The van der Waals surface area contributed by atoms with Gasteiger partial charge in [0.05, 0.1) is 0 Å². The summed E-state index contributed by atoms with van der Waals surface area (Å²) in [7, 11) is 0. The molecule has 1 atom stereocenters. The van der Waals surface area contributed by atoms with E-state index in [4.69, 9.17) is 11.6 Å². The van der Waals surface area contributed by atoms with E-state index >= 15 is 0 Å². The molecular formula is C18H22ClN3. The van der Waals surface area contributed by atoms with Crippen LogP contribution in [0.3, 0.4) is 0 Å². The highest BCUT2D eigenvalue weighted by Crippen LogP contribution is 2.27. The molecule has 2 aromatic rings. The van der Waals surface area contributed by atoms with Crippen molar-refractivity contribution in [3.63, 3.8) is 0 Å². The number of benzene rings is 1. The Morgan fingerprint density at radius 3 is 2.77 bits per heavy atom. The lowest BCUT2D eigenvalue weighted by Crippen LogP contribution is -2.45. The Bertz CT molecular complexity index is 619. The topological polar surface area (TPSA) is 28.2 Å². The van der Waals surface area contributed by atoms with Crippen LogP contribution in [-0.2, 0) is 6.54 Å². The predicted molar refractivity (Wildman–Crippen MR) is 91.2 cm³/mol. The van der Waals surface area contributed by atoms with E-state index in [1.54, 1.807) is 0 Å². The molecule has 0 spiro atoms. The first kappa shape index (κ1) is 15.5. The molecule has 1 saturated heterocycles. The second-order valence-corrected chi connectivity index (χ2v) is 6.43. The van der Waals surface area contributed by atoms with Crippen LogP contribution in [0, 0.1) is 13.8 Å². The highest BCUT2D eigenvalue weighted by molar-refractivity contribution is 6.30. The third-order valence-electron chi connectivity index (χ3n) is 4.45. The summed E-state index contributed by atoms with van der Waals surface area (Å²) in [5, 5.41) is 4.32. The van der Waals surface area contributed by atoms with Crippen LogP contribution in [0.15, 0.2) is 36.7 Å². The highest BCUT2D eigenvalue weighted by atomic mass is 35.5. The molecule has 0 saturated carbocycles. The number of aryl methyl sites for hydroxylation is 2. The van der Waals surface area contributed by atoms with Gasteiger partial charge in [-0.3, -0.25) is 9.88 Å². The number of nitrogens with one attached hydrogen (secondary N) is 1. The predicted octanol–water partition coefficient (Wildman–Crippen LogP) is 3.50. The van der Waals surface area contributed by atoms with E-state index in [-0.39, 0.29) is 0 Å². The molecule has 0 aliphatic carbocycles. The van der Waals surface area contributed by atoms with Crippen LogP contribution in [-0.4, -0.2) is 29.5 Å². The van der Waals surface area contributed by atoms with Crippen molar-refractivity contribution in [1.29, 1.82) is 0 Å². The van der Waals surface area contributed by atoms with E-state index in [0.717, 1.165) is 31.2 Å². The van der Waals surface area contributed by atoms with Crippen molar-refractivity contribution in [3.05, 3.63) is 63.9 Å². The van der Waals surface area contributed by atoms with E-state index in [1.807, 2.05) is 18.5 Å². The Balaban J connectivity index is 1.86. The van der Waals surface area contributed by atoms with Gasteiger partial charge < -0.3 is 5.32 Å². The Labute approximate surface area is 137 Å². The standard InChI is InChI=1S/C18H22ClN3/c1-13-8-16(19)9-14(2)17(13)12-22-7-6-21-11-18(22)15-4-3-5-20-10-15/h3-5,8-10,18,21H,6-7,11-12H2,1-2H3. The molecule has 1 fully saturated rings. The molecule has 3 nitrogen and oxygen atoms in total. The van der Waals surface area contributed by atoms with E-state index in [2.05, 4.69) is 47.2 Å². The van der Waals surface area contributed by atoms with Gasteiger partial charge in [0.2, 0.25) is 0 Å². The maximum atomic E-state index is 6.16. The van der Waals surface area contributed by atoms with Gasteiger partial charge in [-0.15, -0.1) is 0 Å². The Kier molecular flexibility index (Phi) is 4.77. The number of hydrogen-bond donors (Lipinski definition) is 1. The van der Waals surface area contributed by atoms with Crippen molar-refractivity contribution in [2.75, 3.05) is 19.6 Å². The molecular weight excluding hydrogens is 294 g/mol. The summed E-state index contributed by atoms with van der Waals surface area (Å²) in [6, 6.07) is 8.67. The minimum Gasteiger partial charge on any atom is -0.314 e. The van der Waals surface area contributed by atoms with Crippen molar-refractivity contribution in [1.82, 2.24) is 15.2 Å². The Hall–Kier alpha value is -1.42. The van der Waals surface area contributed by atoms with Crippen molar-refractivity contribution < 1.29 is 0 Å². The minimum absolute atomic E-state index is 0.372. The molecule has 1 N–H and O–H groups in total. The molecule has 1 aliphatic heterocycles. The summed E-state index contributed by atoms with van der Waals surface area (Å²) < 4.78 is 0. The Morgan fingerprint density at radius 1 is 1.32 bits per heavy atom. The lowest BCUT2D eigenvalue weighted by Gasteiger charge is -2.37. The van der Waals surface area contributed by atoms with Crippen LogP contribution in [0.2, 0.25) is 5.02 Å². The van der Waals surface area contributed by atoms with Gasteiger partial charge in [-0.05, 0) is 54.3 Å². The van der Waals surface area contributed by atoms with Gasteiger partial charge in [0.1, 0.15) is 0 Å². The molecule has 0 radical (unpaired) electrons. The molecule has 1 unspecified atom stereocenters. The average molecular weight is 316 g/mol. The van der Waals surface area contributed by atoms with Crippen molar-refractivity contribution in [3.8, 4) is 0 Å². The second-order valence-electron chi connectivity index (χ2n) is 5.99. The van der Waals surface area contributed by atoms with Gasteiger partial charge in [0.25, 0.3) is 0 Å². The van der Waals surface area contributed by atoms with Gasteiger partial charge in [0.15, 0.2) is 0 Å². The Morgan fingerprint density at radius 2 is 2.09 bits per heavy atom. The largest absolute Gasteiger partial charge is 0.314 e. The summed E-state index contributed by atoms with van der Waals surface area (Å²) in [4.78, 5) is 6.81. The van der Waals surface area contributed by atoms with Crippen LogP contribution < -0.4 is 5.32 Å². The van der Waals surface area contributed by atoms with Crippen LogP contribution in [0.5, 0.6) is 0 Å². The molecule has 4 heteroatoms. The van der Waals surface area contributed by atoms with E-state index in [0.29, 0.717) is 6.04 Å². The normalized spacial score (nSPS) is 19.3. The summed E-state index contributed by atoms with van der Waals surface area (Å²) >= 11 is 6.16. The van der Waals surface area contributed by atoms with Gasteiger partial charge in [-0.25, -0.2) is 0 Å². The van der Waals surface area contributed by atoms with Gasteiger partial charge in [-0.1, -0.05) is 17.7 Å². The molecule has 1 aromatic heterocycles. The zero-order valence-corrected chi connectivity index (χ0v) is 13.9. The summed E-state index contributed by atoms with van der Waals surface area (Å²) in [6.07, 6.45) is 3.81. The number of aromatic nitrogens is 1. The van der Waals surface area contributed by atoms with Crippen molar-refractivity contribution >= 4 is 11.6 Å². The monoisotopic (exact) mass is 315 g/mol. The van der Waals surface area contributed by atoms with Gasteiger partial charge >= 0.3 is 0 Å². The third kappa shape index (κ3) is 3.32. The van der Waals surface area contributed by atoms with E-state index < -0.39 is 0 Å². The fourth-order valence-electron chi connectivity index (χ4n) is 3.23. The number of halogens is 1. The summed E-state index contributed by atoms with van der Waals surface area (Å²) in [5.41, 5.74) is 5.21. The first-order valence-corrected chi connectivity index (χ1v) is 8.13. The first-order chi connectivity index (χ1) is 10.6. The molecule has 22 heavy (non-hydrogen) atoms. The maximum Gasteiger partial charge on any atom is 0.0491 e. The second kappa shape index (κ2) is 6.78. The molecule has 2 heterocycles. The minimum atomic E-state index is 0.372.